The first-order valence-corrected chi connectivity index (χ1v) is 10.0. The lowest BCUT2D eigenvalue weighted by Crippen LogP contribution is -2.27. The monoisotopic (exact) mass is 373 g/mol. The summed E-state index contributed by atoms with van der Waals surface area (Å²) < 4.78 is 1.90. The summed E-state index contributed by atoms with van der Waals surface area (Å²) in [6.45, 7) is 2.56. The van der Waals surface area contributed by atoms with Gasteiger partial charge in [-0.2, -0.15) is 5.10 Å². The van der Waals surface area contributed by atoms with E-state index in [1.165, 1.54) is 17.3 Å². The highest BCUT2D eigenvalue weighted by Gasteiger charge is 2.26. The number of amides is 1. The Hall–Kier alpha value is -2.28. The van der Waals surface area contributed by atoms with Crippen LogP contribution in [0.2, 0.25) is 0 Å². The van der Waals surface area contributed by atoms with Crippen molar-refractivity contribution in [1.82, 2.24) is 15.1 Å². The van der Waals surface area contributed by atoms with E-state index in [1.54, 1.807) is 0 Å². The fourth-order valence-electron chi connectivity index (χ4n) is 3.19. The molecule has 6 nitrogen and oxygen atoms in total. The highest BCUT2D eigenvalue weighted by molar-refractivity contribution is 7.99. The Morgan fingerprint density at radius 2 is 2.04 bits per heavy atom. The summed E-state index contributed by atoms with van der Waals surface area (Å²) in [7, 11) is 0. The van der Waals surface area contributed by atoms with Crippen LogP contribution < -0.4 is 5.32 Å². The van der Waals surface area contributed by atoms with Crippen molar-refractivity contribution < 1.29 is 14.7 Å². The number of carboxylic acid groups (broad SMARTS) is 1. The number of aromatic nitrogens is 2. The summed E-state index contributed by atoms with van der Waals surface area (Å²) in [6.07, 6.45) is 3.83. The van der Waals surface area contributed by atoms with Crippen molar-refractivity contribution in [1.29, 1.82) is 0 Å². The molecule has 1 amide bonds. The smallest absolute Gasteiger partial charge is 0.313 e. The van der Waals surface area contributed by atoms with E-state index in [0.29, 0.717) is 18.0 Å². The number of thioether (sulfide) groups is 1. The topological polar surface area (TPSA) is 84.2 Å². The third kappa shape index (κ3) is 4.09. The predicted octanol–water partition coefficient (Wildman–Crippen LogP) is 2.47. The third-order valence-corrected chi connectivity index (χ3v) is 5.44. The lowest BCUT2D eigenvalue weighted by molar-refractivity contribution is -0.133. The minimum atomic E-state index is -0.841. The van der Waals surface area contributed by atoms with E-state index in [-0.39, 0.29) is 11.7 Å². The number of hydrogen-bond donors (Lipinski definition) is 2. The van der Waals surface area contributed by atoms with Gasteiger partial charge in [0.1, 0.15) is 0 Å². The van der Waals surface area contributed by atoms with Gasteiger partial charge >= 0.3 is 5.97 Å². The molecule has 0 aliphatic heterocycles. The van der Waals surface area contributed by atoms with Crippen LogP contribution in [0.1, 0.15) is 40.7 Å². The standard InChI is InChI=1S/C19H23N3O3S/c1-2-13-6-8-14(9-7-13)22-16-5-3-4-15(16)18(21-22)19(25)20-10-11-26-12-17(23)24/h6-9H,2-5,10-12H2,1H3,(H,20,25)(H,23,24). The number of nitrogens with one attached hydrogen (secondary N) is 1. The van der Waals surface area contributed by atoms with Crippen LogP contribution in [0.25, 0.3) is 5.69 Å². The largest absolute Gasteiger partial charge is 0.481 e. The highest BCUT2D eigenvalue weighted by atomic mass is 32.2. The molecule has 0 saturated heterocycles. The average Bonchev–Trinajstić information content (AvgIpc) is 3.23. The van der Waals surface area contributed by atoms with Gasteiger partial charge in [-0.3, -0.25) is 9.59 Å². The molecule has 1 heterocycles. The number of carbonyl (C=O) groups excluding carboxylic acids is 1. The first kappa shape index (κ1) is 18.5. The number of aliphatic carboxylic acids is 1. The molecule has 2 aromatic rings. The Balaban J connectivity index is 1.72. The fourth-order valence-corrected chi connectivity index (χ4v) is 3.75. The second-order valence-corrected chi connectivity index (χ2v) is 7.37. The van der Waals surface area contributed by atoms with Crippen LogP contribution in [0.5, 0.6) is 0 Å². The Morgan fingerprint density at radius 3 is 2.73 bits per heavy atom. The molecule has 0 radical (unpaired) electrons. The number of rotatable bonds is 8. The lowest BCUT2D eigenvalue weighted by Gasteiger charge is -2.06. The van der Waals surface area contributed by atoms with Crippen molar-refractivity contribution in [2.24, 2.45) is 0 Å². The quantitative estimate of drug-likeness (QED) is 0.695. The van der Waals surface area contributed by atoms with Gasteiger partial charge in [-0.1, -0.05) is 19.1 Å². The SMILES string of the molecule is CCc1ccc(-n2nc(C(=O)NCCSCC(=O)O)c3c2CCC3)cc1. The van der Waals surface area contributed by atoms with Crippen molar-refractivity contribution in [3.8, 4) is 5.69 Å². The number of aryl methyl sites for hydroxylation is 1. The first-order chi connectivity index (χ1) is 12.6. The Kier molecular flexibility index (Phi) is 5.98. The van der Waals surface area contributed by atoms with Crippen molar-refractivity contribution in [3.63, 3.8) is 0 Å². The number of carboxylic acids is 1. The fraction of sp³-hybridized carbons (Fsp3) is 0.421. The van der Waals surface area contributed by atoms with Gasteiger partial charge < -0.3 is 10.4 Å². The molecule has 1 aromatic heterocycles. The second kappa shape index (κ2) is 8.40. The molecule has 0 bridgehead atoms. The van der Waals surface area contributed by atoms with Crippen LogP contribution in [0.3, 0.4) is 0 Å². The van der Waals surface area contributed by atoms with E-state index in [1.807, 2.05) is 4.68 Å². The van der Waals surface area contributed by atoms with E-state index in [4.69, 9.17) is 5.11 Å². The molecule has 1 aliphatic rings. The molecule has 1 aromatic carbocycles. The van der Waals surface area contributed by atoms with Crippen LogP contribution in [-0.4, -0.2) is 44.8 Å². The Morgan fingerprint density at radius 1 is 1.27 bits per heavy atom. The molecule has 0 fully saturated rings. The minimum absolute atomic E-state index is 0.0493. The zero-order valence-electron chi connectivity index (χ0n) is 14.8. The Bertz CT molecular complexity index is 799. The summed E-state index contributed by atoms with van der Waals surface area (Å²) in [4.78, 5) is 23.0. The zero-order chi connectivity index (χ0) is 18.5. The molecule has 0 spiro atoms. The summed E-state index contributed by atoms with van der Waals surface area (Å²) in [5, 5.41) is 16.1. The predicted molar refractivity (Wildman–Crippen MR) is 102 cm³/mol. The van der Waals surface area contributed by atoms with Crippen molar-refractivity contribution in [2.75, 3.05) is 18.1 Å². The van der Waals surface area contributed by atoms with Gasteiger partial charge in [-0.05, 0) is 43.4 Å². The first-order valence-electron chi connectivity index (χ1n) is 8.88. The minimum Gasteiger partial charge on any atom is -0.481 e. The zero-order valence-corrected chi connectivity index (χ0v) is 15.6. The van der Waals surface area contributed by atoms with E-state index in [2.05, 4.69) is 41.6 Å². The number of fused-ring (bicyclic) bond motifs is 1. The highest BCUT2D eigenvalue weighted by Crippen LogP contribution is 2.28. The molecular formula is C19H23N3O3S. The van der Waals surface area contributed by atoms with E-state index >= 15 is 0 Å². The average molecular weight is 373 g/mol. The van der Waals surface area contributed by atoms with Gasteiger partial charge in [-0.25, -0.2) is 4.68 Å². The van der Waals surface area contributed by atoms with Crippen LogP contribution >= 0.6 is 11.8 Å². The number of nitrogens with zero attached hydrogens (tertiary/aromatic N) is 2. The van der Waals surface area contributed by atoms with E-state index in [0.717, 1.165) is 42.6 Å². The Labute approximate surface area is 157 Å². The van der Waals surface area contributed by atoms with Gasteiger partial charge in [0, 0.05) is 23.6 Å². The van der Waals surface area contributed by atoms with Gasteiger partial charge in [0.15, 0.2) is 5.69 Å². The molecule has 1 aliphatic carbocycles. The molecule has 7 heteroatoms. The molecule has 2 N–H and O–H groups in total. The van der Waals surface area contributed by atoms with Gasteiger partial charge in [0.2, 0.25) is 0 Å². The second-order valence-electron chi connectivity index (χ2n) is 6.26. The third-order valence-electron chi connectivity index (χ3n) is 4.49. The number of carbonyl (C=O) groups is 2. The van der Waals surface area contributed by atoms with Gasteiger partial charge in [0.25, 0.3) is 5.91 Å². The normalized spacial score (nSPS) is 12.8. The van der Waals surface area contributed by atoms with Crippen LogP contribution in [0.4, 0.5) is 0 Å². The molecule has 3 rings (SSSR count). The van der Waals surface area contributed by atoms with Crippen molar-refractivity contribution >= 4 is 23.6 Å². The van der Waals surface area contributed by atoms with E-state index in [9.17, 15) is 9.59 Å². The summed E-state index contributed by atoms with van der Waals surface area (Å²) in [5.74, 6) is -0.400. The maximum absolute atomic E-state index is 12.5. The van der Waals surface area contributed by atoms with Crippen molar-refractivity contribution in [3.05, 3.63) is 46.8 Å². The summed E-state index contributed by atoms with van der Waals surface area (Å²) in [6, 6.07) is 8.29. The maximum atomic E-state index is 12.5. The van der Waals surface area contributed by atoms with Crippen molar-refractivity contribution in [2.45, 2.75) is 32.6 Å². The van der Waals surface area contributed by atoms with Crippen LogP contribution in [-0.2, 0) is 24.1 Å². The summed E-state index contributed by atoms with van der Waals surface area (Å²) in [5.41, 5.74) is 4.92. The molecule has 0 saturated carbocycles. The lowest BCUT2D eigenvalue weighted by atomic mass is 10.1. The molecule has 138 valence electrons. The molecular weight excluding hydrogens is 350 g/mol. The van der Waals surface area contributed by atoms with E-state index < -0.39 is 5.97 Å². The maximum Gasteiger partial charge on any atom is 0.313 e. The van der Waals surface area contributed by atoms with Gasteiger partial charge in [-0.15, -0.1) is 11.8 Å². The van der Waals surface area contributed by atoms with Crippen LogP contribution in [0.15, 0.2) is 24.3 Å². The molecule has 0 atom stereocenters. The van der Waals surface area contributed by atoms with Gasteiger partial charge in [0.05, 0.1) is 11.4 Å². The van der Waals surface area contributed by atoms with Crippen LogP contribution in [0, 0.1) is 0 Å². The number of hydrogen-bond acceptors (Lipinski definition) is 4. The number of benzene rings is 1. The summed E-state index contributed by atoms with van der Waals surface area (Å²) >= 11 is 1.29. The molecule has 0 unspecified atom stereocenters. The molecule has 26 heavy (non-hydrogen) atoms.